The highest BCUT2D eigenvalue weighted by Gasteiger charge is 2.06. The van der Waals surface area contributed by atoms with E-state index in [9.17, 15) is 9.59 Å². The van der Waals surface area contributed by atoms with Crippen LogP contribution >= 0.6 is 0 Å². The average molecular weight is 225 g/mol. The number of rotatable bonds is 6. The molecular formula is C10H15N3O3. The number of amides is 2. The Bertz CT molecular complexity index is 335. The van der Waals surface area contributed by atoms with Gasteiger partial charge in [0.25, 0.3) is 5.91 Å². The van der Waals surface area contributed by atoms with Crippen LogP contribution in [0.1, 0.15) is 17.0 Å². The van der Waals surface area contributed by atoms with Crippen LogP contribution in [0.4, 0.5) is 0 Å². The quantitative estimate of drug-likeness (QED) is 0.567. The second-order valence-corrected chi connectivity index (χ2v) is 3.12. The summed E-state index contributed by atoms with van der Waals surface area (Å²) in [6, 6.07) is 3.21. The molecule has 4 N–H and O–H groups in total. The molecule has 6 nitrogen and oxygen atoms in total. The predicted molar refractivity (Wildman–Crippen MR) is 57.7 cm³/mol. The fraction of sp³-hybridized carbons (Fsp3) is 0.400. The topological polar surface area (TPSA) is 97.4 Å². The van der Waals surface area contributed by atoms with Crippen molar-refractivity contribution in [2.45, 2.75) is 6.42 Å². The standard InChI is InChI=1S/C10H15N3O3/c11-4-3-9(14)12-5-6-13-10(15)8-2-1-7-16-8/h1-2,7H,3-6,11H2,(H,12,14)(H,13,15). The summed E-state index contributed by atoms with van der Waals surface area (Å²) in [5.41, 5.74) is 5.20. The lowest BCUT2D eigenvalue weighted by atomic mass is 10.4. The van der Waals surface area contributed by atoms with Crippen molar-refractivity contribution in [2.24, 2.45) is 5.73 Å². The van der Waals surface area contributed by atoms with E-state index in [1.807, 2.05) is 0 Å². The van der Waals surface area contributed by atoms with Gasteiger partial charge < -0.3 is 20.8 Å². The van der Waals surface area contributed by atoms with E-state index in [1.54, 1.807) is 12.1 Å². The Balaban J connectivity index is 2.12. The minimum absolute atomic E-state index is 0.116. The first-order valence-corrected chi connectivity index (χ1v) is 5.02. The molecule has 0 radical (unpaired) electrons. The molecule has 0 saturated carbocycles. The fourth-order valence-corrected chi connectivity index (χ4v) is 1.09. The molecular weight excluding hydrogens is 210 g/mol. The monoisotopic (exact) mass is 225 g/mol. The van der Waals surface area contributed by atoms with Gasteiger partial charge in [0, 0.05) is 26.1 Å². The Morgan fingerprint density at radius 2 is 2.06 bits per heavy atom. The van der Waals surface area contributed by atoms with Crippen molar-refractivity contribution in [1.29, 1.82) is 0 Å². The lowest BCUT2D eigenvalue weighted by Gasteiger charge is -2.05. The van der Waals surface area contributed by atoms with Crippen molar-refractivity contribution in [2.75, 3.05) is 19.6 Å². The highest BCUT2D eigenvalue weighted by atomic mass is 16.3. The minimum Gasteiger partial charge on any atom is -0.459 e. The molecule has 1 aromatic heterocycles. The zero-order chi connectivity index (χ0) is 11.8. The minimum atomic E-state index is -0.293. The molecule has 0 unspecified atom stereocenters. The zero-order valence-corrected chi connectivity index (χ0v) is 8.86. The van der Waals surface area contributed by atoms with Crippen LogP contribution in [0.25, 0.3) is 0 Å². The van der Waals surface area contributed by atoms with Gasteiger partial charge in [-0.15, -0.1) is 0 Å². The van der Waals surface area contributed by atoms with Crippen LogP contribution in [0, 0.1) is 0 Å². The molecule has 0 atom stereocenters. The van der Waals surface area contributed by atoms with E-state index in [-0.39, 0.29) is 17.6 Å². The maximum absolute atomic E-state index is 11.3. The Labute approximate surface area is 93.2 Å². The van der Waals surface area contributed by atoms with Crippen LogP contribution in [0.3, 0.4) is 0 Å². The van der Waals surface area contributed by atoms with E-state index >= 15 is 0 Å². The van der Waals surface area contributed by atoms with E-state index in [2.05, 4.69) is 10.6 Å². The number of nitrogens with one attached hydrogen (secondary N) is 2. The smallest absolute Gasteiger partial charge is 0.287 e. The van der Waals surface area contributed by atoms with Crippen LogP contribution in [-0.4, -0.2) is 31.4 Å². The number of carbonyl (C=O) groups excluding carboxylic acids is 2. The fourth-order valence-electron chi connectivity index (χ4n) is 1.09. The largest absolute Gasteiger partial charge is 0.459 e. The van der Waals surface area contributed by atoms with Gasteiger partial charge in [-0.1, -0.05) is 0 Å². The van der Waals surface area contributed by atoms with Crippen LogP contribution in [0.5, 0.6) is 0 Å². The van der Waals surface area contributed by atoms with Gasteiger partial charge in [-0.2, -0.15) is 0 Å². The highest BCUT2D eigenvalue weighted by molar-refractivity contribution is 5.91. The summed E-state index contributed by atoms with van der Waals surface area (Å²) in [5.74, 6) is -0.152. The lowest BCUT2D eigenvalue weighted by molar-refractivity contribution is -0.120. The zero-order valence-electron chi connectivity index (χ0n) is 8.86. The molecule has 1 aromatic rings. The van der Waals surface area contributed by atoms with E-state index in [0.29, 0.717) is 26.1 Å². The number of nitrogens with two attached hydrogens (primary N) is 1. The van der Waals surface area contributed by atoms with Gasteiger partial charge in [0.2, 0.25) is 5.91 Å². The second-order valence-electron chi connectivity index (χ2n) is 3.12. The molecule has 1 heterocycles. The van der Waals surface area contributed by atoms with Crippen molar-refractivity contribution >= 4 is 11.8 Å². The van der Waals surface area contributed by atoms with Crippen molar-refractivity contribution in [1.82, 2.24) is 10.6 Å². The van der Waals surface area contributed by atoms with E-state index < -0.39 is 0 Å². The number of carbonyl (C=O) groups is 2. The van der Waals surface area contributed by atoms with Crippen molar-refractivity contribution in [3.05, 3.63) is 24.2 Å². The van der Waals surface area contributed by atoms with E-state index in [1.165, 1.54) is 6.26 Å². The molecule has 0 spiro atoms. The van der Waals surface area contributed by atoms with Crippen LogP contribution in [0.2, 0.25) is 0 Å². The summed E-state index contributed by atoms with van der Waals surface area (Å²) < 4.78 is 4.90. The molecule has 0 bridgehead atoms. The van der Waals surface area contributed by atoms with Gasteiger partial charge in [-0.3, -0.25) is 9.59 Å². The maximum atomic E-state index is 11.3. The van der Waals surface area contributed by atoms with E-state index in [4.69, 9.17) is 10.2 Å². The molecule has 88 valence electrons. The molecule has 0 aliphatic heterocycles. The van der Waals surface area contributed by atoms with Crippen molar-refractivity contribution in [3.63, 3.8) is 0 Å². The number of hydrogen-bond donors (Lipinski definition) is 3. The average Bonchev–Trinajstić information content (AvgIpc) is 2.78. The summed E-state index contributed by atoms with van der Waals surface area (Å²) in [7, 11) is 0. The van der Waals surface area contributed by atoms with Gasteiger partial charge in [-0.25, -0.2) is 0 Å². The van der Waals surface area contributed by atoms with Crippen molar-refractivity contribution < 1.29 is 14.0 Å². The third-order valence-corrected chi connectivity index (χ3v) is 1.85. The molecule has 0 aliphatic carbocycles. The molecule has 2 amide bonds. The Kier molecular flexibility index (Phi) is 5.07. The summed E-state index contributed by atoms with van der Waals surface area (Å²) in [6.45, 7) is 1.06. The van der Waals surface area contributed by atoms with Crippen LogP contribution in [-0.2, 0) is 4.79 Å². The molecule has 6 heteroatoms. The summed E-state index contributed by atoms with van der Waals surface area (Å²) in [4.78, 5) is 22.3. The number of hydrogen-bond acceptors (Lipinski definition) is 4. The molecule has 0 aliphatic rings. The van der Waals surface area contributed by atoms with Crippen LogP contribution < -0.4 is 16.4 Å². The first-order chi connectivity index (χ1) is 7.74. The third kappa shape index (κ3) is 4.14. The summed E-state index contributed by atoms with van der Waals surface area (Å²) in [6.07, 6.45) is 1.73. The van der Waals surface area contributed by atoms with Gasteiger partial charge in [0.15, 0.2) is 5.76 Å². The predicted octanol–water partition coefficient (Wildman–Crippen LogP) is -0.526. The number of furan rings is 1. The molecule has 1 rings (SSSR count). The lowest BCUT2D eigenvalue weighted by Crippen LogP contribution is -2.35. The van der Waals surface area contributed by atoms with Gasteiger partial charge >= 0.3 is 0 Å². The SMILES string of the molecule is NCCC(=O)NCCNC(=O)c1ccco1. The molecule has 0 fully saturated rings. The summed E-state index contributed by atoms with van der Waals surface area (Å²) in [5, 5.41) is 5.22. The van der Waals surface area contributed by atoms with Crippen molar-refractivity contribution in [3.8, 4) is 0 Å². The normalized spacial score (nSPS) is 9.81. The first kappa shape index (κ1) is 12.3. The summed E-state index contributed by atoms with van der Waals surface area (Å²) >= 11 is 0. The van der Waals surface area contributed by atoms with Gasteiger partial charge in [0.1, 0.15) is 0 Å². The molecule has 0 aromatic carbocycles. The van der Waals surface area contributed by atoms with Gasteiger partial charge in [0.05, 0.1) is 6.26 Å². The second kappa shape index (κ2) is 6.62. The maximum Gasteiger partial charge on any atom is 0.287 e. The molecule has 16 heavy (non-hydrogen) atoms. The third-order valence-electron chi connectivity index (χ3n) is 1.85. The Hall–Kier alpha value is -1.82. The first-order valence-electron chi connectivity index (χ1n) is 5.02. The Morgan fingerprint density at radius 3 is 2.69 bits per heavy atom. The van der Waals surface area contributed by atoms with Gasteiger partial charge in [-0.05, 0) is 12.1 Å². The highest BCUT2D eigenvalue weighted by Crippen LogP contribution is 1.98. The van der Waals surface area contributed by atoms with Crippen LogP contribution in [0.15, 0.2) is 22.8 Å². The van der Waals surface area contributed by atoms with E-state index in [0.717, 1.165) is 0 Å². The Morgan fingerprint density at radius 1 is 1.31 bits per heavy atom. The molecule has 0 saturated heterocycles.